The number of β-lactam (4-membered cyclic amide) rings is 1. The van der Waals surface area contributed by atoms with Gasteiger partial charge in [-0.3, -0.25) is 14.7 Å². The van der Waals surface area contributed by atoms with Gasteiger partial charge in [-0.15, -0.1) is 0 Å². The monoisotopic (exact) mass is 502 g/mol. The van der Waals surface area contributed by atoms with E-state index in [2.05, 4.69) is 29.2 Å². The average molecular weight is 503 g/mol. The Bertz CT molecular complexity index is 1240. The molecule has 6 nitrogen and oxygen atoms in total. The van der Waals surface area contributed by atoms with Crippen molar-refractivity contribution in [1.29, 1.82) is 0 Å². The Balaban J connectivity index is 1.57. The second-order valence-electron chi connectivity index (χ2n) is 8.23. The van der Waals surface area contributed by atoms with Crippen LogP contribution in [0.15, 0.2) is 113 Å². The Morgan fingerprint density at radius 2 is 1.74 bits per heavy atom. The molecule has 3 heterocycles. The predicted molar refractivity (Wildman–Crippen MR) is 139 cm³/mol. The first kappa shape index (κ1) is 23.4. The van der Waals surface area contributed by atoms with Crippen molar-refractivity contribution in [1.82, 2.24) is 9.88 Å². The molecule has 0 saturated carbocycles. The number of aliphatic carboxylic acids is 1. The molecule has 3 aromatic rings. The van der Waals surface area contributed by atoms with Crippen molar-refractivity contribution in [2.45, 2.75) is 21.6 Å². The number of carbonyl (C=O) groups is 2. The quantitative estimate of drug-likeness (QED) is 0.289. The summed E-state index contributed by atoms with van der Waals surface area (Å²) in [6, 6.07) is 23.4. The first-order chi connectivity index (χ1) is 17.1. The first-order valence-corrected chi connectivity index (χ1v) is 13.5. The molecule has 1 aromatic heterocycles. The number of fused-ring (bicyclic) bond motifs is 1. The largest absolute Gasteiger partial charge is 0.477 e. The zero-order chi connectivity index (χ0) is 24.4. The topological polar surface area (TPSA) is 96.5 Å². The van der Waals surface area contributed by atoms with Crippen molar-refractivity contribution < 1.29 is 14.7 Å². The van der Waals surface area contributed by atoms with Crippen molar-refractivity contribution in [2.24, 2.45) is 5.73 Å². The van der Waals surface area contributed by atoms with Crippen molar-refractivity contribution in [3.05, 3.63) is 119 Å². The number of nitrogens with two attached hydrogens (primary N) is 1. The number of pyridine rings is 1. The van der Waals surface area contributed by atoms with Gasteiger partial charge in [0.05, 0.1) is 0 Å². The van der Waals surface area contributed by atoms with Gasteiger partial charge in [0.25, 0.3) is 5.91 Å². The van der Waals surface area contributed by atoms with Crippen LogP contribution in [-0.2, 0) is 20.5 Å². The van der Waals surface area contributed by atoms with Gasteiger partial charge >= 0.3 is 5.97 Å². The van der Waals surface area contributed by atoms with Gasteiger partial charge in [-0.1, -0.05) is 72.4 Å². The minimum Gasteiger partial charge on any atom is -0.477 e. The van der Waals surface area contributed by atoms with Gasteiger partial charge in [0.15, 0.2) is 11.3 Å². The summed E-state index contributed by atoms with van der Waals surface area (Å²) < 4.78 is 0. The molecular formula is C27H24N3O3S2+. The van der Waals surface area contributed by atoms with Crippen LogP contribution in [0.3, 0.4) is 0 Å². The van der Waals surface area contributed by atoms with Crippen LogP contribution in [0.5, 0.6) is 0 Å². The highest BCUT2D eigenvalue weighted by Crippen LogP contribution is 2.45. The fraction of sp³-hybridized carbons (Fsp3) is 0.148. The standard InChI is InChI=1S/C27H23N3O3S2/c28-22-25(31)30-23(27(32)33)20(13-15-34-21-12-7-14-29-16-21)17-35(26(22)30)24(18-8-3-1-4-9-18)19-10-5-2-6-11-19/h1-16,22,24,26H,17,28H2/p+1/t22?,26-,35?/m1/s1. The fourth-order valence-corrected chi connectivity index (χ4v) is 8.40. The van der Waals surface area contributed by atoms with E-state index in [1.54, 1.807) is 12.4 Å². The molecule has 2 aliphatic rings. The number of amides is 1. The lowest BCUT2D eigenvalue weighted by atomic mass is 10.0. The lowest BCUT2D eigenvalue weighted by molar-refractivity contribution is -0.148. The molecule has 2 aliphatic heterocycles. The van der Waals surface area contributed by atoms with Crippen molar-refractivity contribution in [3.63, 3.8) is 0 Å². The maximum Gasteiger partial charge on any atom is 0.353 e. The summed E-state index contributed by atoms with van der Waals surface area (Å²) in [4.78, 5) is 31.7. The number of allylic oxidation sites excluding steroid dienone is 1. The molecule has 5 rings (SSSR count). The Morgan fingerprint density at radius 1 is 1.09 bits per heavy atom. The number of aromatic nitrogens is 1. The predicted octanol–water partition coefficient (Wildman–Crippen LogP) is 3.94. The normalized spacial score (nSPS) is 21.8. The van der Waals surface area contributed by atoms with E-state index in [-0.39, 0.29) is 22.2 Å². The summed E-state index contributed by atoms with van der Waals surface area (Å²) in [6.07, 6.45) is 5.28. The maximum absolute atomic E-state index is 12.9. The smallest absolute Gasteiger partial charge is 0.353 e. The van der Waals surface area contributed by atoms with Crippen LogP contribution in [0.25, 0.3) is 0 Å². The van der Waals surface area contributed by atoms with Crippen molar-refractivity contribution >= 4 is 34.5 Å². The summed E-state index contributed by atoms with van der Waals surface area (Å²) >= 11 is 1.46. The molecule has 35 heavy (non-hydrogen) atoms. The van der Waals surface area contributed by atoms with E-state index >= 15 is 0 Å². The highest BCUT2D eigenvalue weighted by Gasteiger charge is 2.63. The van der Waals surface area contributed by atoms with Crippen LogP contribution < -0.4 is 5.73 Å². The van der Waals surface area contributed by atoms with Gasteiger partial charge < -0.3 is 10.8 Å². The highest BCUT2D eigenvalue weighted by atomic mass is 32.2. The molecule has 8 heteroatoms. The molecule has 3 atom stereocenters. The first-order valence-electron chi connectivity index (χ1n) is 11.1. The number of nitrogens with zero attached hydrogens (tertiary/aromatic N) is 2. The van der Waals surface area contributed by atoms with E-state index in [0.29, 0.717) is 11.3 Å². The number of carboxylic acids is 1. The second-order valence-corrected chi connectivity index (χ2v) is 11.4. The van der Waals surface area contributed by atoms with Gasteiger partial charge in [-0.05, 0) is 23.6 Å². The summed E-state index contributed by atoms with van der Waals surface area (Å²) in [7, 11) is -0.452. The minimum atomic E-state index is -1.11. The number of carbonyl (C=O) groups excluding carboxylic acids is 1. The summed E-state index contributed by atoms with van der Waals surface area (Å²) in [5.74, 6) is -0.932. The van der Waals surface area contributed by atoms with Gasteiger partial charge in [0.2, 0.25) is 5.37 Å². The van der Waals surface area contributed by atoms with E-state index in [1.807, 2.05) is 60.0 Å². The van der Waals surface area contributed by atoms with Crippen molar-refractivity contribution in [2.75, 3.05) is 5.75 Å². The molecule has 1 saturated heterocycles. The average Bonchev–Trinajstić information content (AvgIpc) is 2.89. The van der Waals surface area contributed by atoms with Gasteiger partial charge in [0.1, 0.15) is 11.4 Å². The molecule has 0 aliphatic carbocycles. The zero-order valence-electron chi connectivity index (χ0n) is 18.7. The highest BCUT2D eigenvalue weighted by molar-refractivity contribution is 8.02. The van der Waals surface area contributed by atoms with E-state index in [0.717, 1.165) is 16.0 Å². The lowest BCUT2D eigenvalue weighted by Crippen LogP contribution is -2.73. The number of hydrogen-bond donors (Lipinski definition) is 2. The van der Waals surface area contributed by atoms with E-state index in [9.17, 15) is 14.7 Å². The number of hydrogen-bond acceptors (Lipinski definition) is 5. The molecule has 176 valence electrons. The number of carboxylic acid groups (broad SMARTS) is 1. The van der Waals surface area contributed by atoms with Crippen LogP contribution in [0.1, 0.15) is 16.4 Å². The van der Waals surface area contributed by atoms with E-state index < -0.39 is 22.9 Å². The summed E-state index contributed by atoms with van der Waals surface area (Å²) in [5, 5.41) is 11.6. The molecule has 1 fully saturated rings. The minimum absolute atomic E-state index is 0.0197. The third-order valence-electron chi connectivity index (χ3n) is 6.08. The Kier molecular flexibility index (Phi) is 6.77. The fourth-order valence-electron chi connectivity index (χ4n) is 4.54. The molecule has 3 N–H and O–H groups in total. The molecule has 1 amide bonds. The molecule has 2 aromatic carbocycles. The number of benzene rings is 2. The van der Waals surface area contributed by atoms with E-state index in [4.69, 9.17) is 5.73 Å². The summed E-state index contributed by atoms with van der Waals surface area (Å²) in [5.41, 5.74) is 9.23. The van der Waals surface area contributed by atoms with E-state index in [1.165, 1.54) is 16.7 Å². The Labute approximate surface area is 210 Å². The van der Waals surface area contributed by atoms with Gasteiger partial charge in [0, 0.05) is 44.9 Å². The SMILES string of the molecule is NC1C(=O)N2C(C(=O)O)=C(C=CSc3cccnc3)C[S+](C(c3ccccc3)c3ccccc3)[C@H]12. The van der Waals surface area contributed by atoms with Crippen LogP contribution >= 0.6 is 11.8 Å². The second kappa shape index (κ2) is 10.1. The van der Waals surface area contributed by atoms with Crippen LogP contribution in [-0.4, -0.2) is 44.0 Å². The molecule has 0 bridgehead atoms. The molecule has 0 spiro atoms. The lowest BCUT2D eigenvalue weighted by Gasteiger charge is -2.47. The van der Waals surface area contributed by atoms with Crippen LogP contribution in [0, 0.1) is 0 Å². The van der Waals surface area contributed by atoms with Crippen LogP contribution in [0.2, 0.25) is 0 Å². The number of thioether (sulfide) groups is 1. The van der Waals surface area contributed by atoms with Crippen LogP contribution in [0.4, 0.5) is 0 Å². The molecule has 2 unspecified atom stereocenters. The Morgan fingerprint density at radius 3 is 2.31 bits per heavy atom. The molecule has 0 radical (unpaired) electrons. The van der Waals surface area contributed by atoms with Gasteiger partial charge in [-0.25, -0.2) is 4.79 Å². The number of rotatable bonds is 7. The van der Waals surface area contributed by atoms with Gasteiger partial charge in [-0.2, -0.15) is 0 Å². The molecular weight excluding hydrogens is 478 g/mol. The van der Waals surface area contributed by atoms with Crippen molar-refractivity contribution in [3.8, 4) is 0 Å². The Hall–Kier alpha value is -3.33. The third-order valence-corrected chi connectivity index (χ3v) is 9.78. The summed E-state index contributed by atoms with van der Waals surface area (Å²) in [6.45, 7) is 0. The third kappa shape index (κ3) is 4.52. The maximum atomic E-state index is 12.9. The zero-order valence-corrected chi connectivity index (χ0v) is 20.4.